The van der Waals surface area contributed by atoms with E-state index in [1.165, 1.54) is 32.6 Å². The maximum atomic E-state index is 5.25. The number of hydrogen-bond donors (Lipinski definition) is 2. The number of para-hydroxylation sites is 3. The van der Waals surface area contributed by atoms with Crippen molar-refractivity contribution in [1.82, 2.24) is 19.1 Å². The zero-order valence-electron chi connectivity index (χ0n) is 22.8. The number of fused-ring (bicyclic) bond motifs is 7. The monoisotopic (exact) mass is 542 g/mol. The first-order valence-electron chi connectivity index (χ1n) is 14.3. The highest BCUT2D eigenvalue weighted by molar-refractivity contribution is 6.19. The fourth-order valence-electron chi connectivity index (χ4n) is 6.49. The van der Waals surface area contributed by atoms with Crippen molar-refractivity contribution in [2.45, 2.75) is 0 Å². The summed E-state index contributed by atoms with van der Waals surface area (Å²) in [5.74, 6) is 2.38. The Morgan fingerprint density at radius 2 is 1.00 bits per heavy atom. The van der Waals surface area contributed by atoms with E-state index in [1.807, 2.05) is 6.07 Å². The van der Waals surface area contributed by atoms with Crippen molar-refractivity contribution < 1.29 is 0 Å². The van der Waals surface area contributed by atoms with Gasteiger partial charge in [0.05, 0.1) is 22.1 Å². The second kappa shape index (κ2) is 8.94. The lowest BCUT2D eigenvalue weighted by Gasteiger charge is -2.21. The van der Waals surface area contributed by atoms with E-state index in [2.05, 4.69) is 135 Å². The normalized spacial score (nSPS) is 13.0. The van der Waals surface area contributed by atoms with Gasteiger partial charge in [0.25, 0.3) is 0 Å². The molecular weight excluding hydrogens is 516 g/mol. The molecule has 42 heavy (non-hydrogen) atoms. The fourth-order valence-corrected chi connectivity index (χ4v) is 6.49. The molecule has 3 aromatic heterocycles. The maximum Gasteiger partial charge on any atom is 0.171 e. The summed E-state index contributed by atoms with van der Waals surface area (Å²) in [6.07, 6.45) is 0. The molecule has 0 amide bonds. The van der Waals surface area contributed by atoms with Crippen LogP contribution in [0.15, 0.2) is 121 Å². The van der Waals surface area contributed by atoms with Crippen LogP contribution in [0.4, 0.5) is 11.6 Å². The molecule has 0 radical (unpaired) electrons. The van der Waals surface area contributed by atoms with Gasteiger partial charge in [-0.25, -0.2) is 9.97 Å². The molecule has 2 N–H and O–H groups in total. The van der Waals surface area contributed by atoms with Crippen LogP contribution in [0.2, 0.25) is 0 Å². The van der Waals surface area contributed by atoms with E-state index < -0.39 is 0 Å². The van der Waals surface area contributed by atoms with Gasteiger partial charge in [-0.05, 0) is 36.4 Å². The second-order valence-electron chi connectivity index (χ2n) is 10.7. The standard InChI is InChI=1S/C36H26N6/c1-3-11-23(12-4-1)33-36(40-35-34(39-33)37-19-20-38-35)42-30-18-10-8-16-26(30)28-21-31-27(22-32(28)42)25-15-7-9-17-29(25)41(31)24-13-5-2-6-14-24/h1-18,21-22H,19-20H2,(H,37,39)(H,38,40). The van der Waals surface area contributed by atoms with Crippen LogP contribution in [0.1, 0.15) is 0 Å². The van der Waals surface area contributed by atoms with Gasteiger partial charge in [-0.15, -0.1) is 0 Å². The number of hydrogen-bond acceptors (Lipinski definition) is 4. The topological polar surface area (TPSA) is 59.7 Å². The van der Waals surface area contributed by atoms with Gasteiger partial charge in [0.15, 0.2) is 17.5 Å². The molecule has 0 bridgehead atoms. The molecule has 0 aliphatic carbocycles. The highest BCUT2D eigenvalue weighted by Gasteiger charge is 2.23. The number of nitrogens with one attached hydrogen (secondary N) is 2. The average molecular weight is 543 g/mol. The summed E-state index contributed by atoms with van der Waals surface area (Å²) in [5, 5.41) is 11.7. The molecule has 200 valence electrons. The molecule has 5 aromatic carbocycles. The quantitative estimate of drug-likeness (QED) is 0.236. The minimum absolute atomic E-state index is 0.781. The Kier molecular flexibility index (Phi) is 4.92. The van der Waals surface area contributed by atoms with Crippen LogP contribution in [0.3, 0.4) is 0 Å². The third kappa shape index (κ3) is 3.32. The highest BCUT2D eigenvalue weighted by atomic mass is 15.2. The molecule has 0 saturated heterocycles. The average Bonchev–Trinajstić information content (AvgIpc) is 3.56. The van der Waals surface area contributed by atoms with Crippen LogP contribution < -0.4 is 10.6 Å². The van der Waals surface area contributed by atoms with Crippen molar-refractivity contribution in [1.29, 1.82) is 0 Å². The molecule has 0 saturated carbocycles. The summed E-state index contributed by atoms with van der Waals surface area (Å²) < 4.78 is 4.67. The third-order valence-electron chi connectivity index (χ3n) is 8.33. The molecule has 8 aromatic rings. The summed E-state index contributed by atoms with van der Waals surface area (Å²) in [6, 6.07) is 43.0. The van der Waals surface area contributed by atoms with Crippen LogP contribution in [-0.2, 0) is 0 Å². The Labute approximate surface area is 241 Å². The Morgan fingerprint density at radius 1 is 0.476 bits per heavy atom. The Morgan fingerprint density at radius 3 is 1.67 bits per heavy atom. The van der Waals surface area contributed by atoms with E-state index in [1.54, 1.807) is 0 Å². The minimum Gasteiger partial charge on any atom is -0.365 e. The van der Waals surface area contributed by atoms with Crippen LogP contribution >= 0.6 is 0 Å². The molecule has 1 aliphatic rings. The Bertz CT molecular complexity index is 2300. The number of anilines is 2. The number of nitrogens with zero attached hydrogens (tertiary/aromatic N) is 4. The summed E-state index contributed by atoms with van der Waals surface area (Å²) in [4.78, 5) is 10.4. The number of aromatic nitrogens is 4. The molecule has 4 heterocycles. The summed E-state index contributed by atoms with van der Waals surface area (Å²) in [5.41, 5.74) is 7.61. The van der Waals surface area contributed by atoms with Gasteiger partial charge >= 0.3 is 0 Å². The maximum absolute atomic E-state index is 5.25. The molecule has 6 heteroatoms. The van der Waals surface area contributed by atoms with Crippen LogP contribution in [0.5, 0.6) is 0 Å². The van der Waals surface area contributed by atoms with Crippen LogP contribution in [0.25, 0.3) is 66.4 Å². The van der Waals surface area contributed by atoms with Crippen molar-refractivity contribution >= 4 is 55.2 Å². The van der Waals surface area contributed by atoms with Crippen molar-refractivity contribution in [3.05, 3.63) is 121 Å². The zero-order chi connectivity index (χ0) is 27.6. The van der Waals surface area contributed by atoms with E-state index in [9.17, 15) is 0 Å². The fraction of sp³-hybridized carbons (Fsp3) is 0.0556. The first kappa shape index (κ1) is 23.1. The zero-order valence-corrected chi connectivity index (χ0v) is 22.8. The van der Waals surface area contributed by atoms with Gasteiger partial charge in [0, 0.05) is 45.9 Å². The van der Waals surface area contributed by atoms with Crippen LogP contribution in [-0.4, -0.2) is 32.2 Å². The van der Waals surface area contributed by atoms with Crippen molar-refractivity contribution in [2.75, 3.05) is 23.7 Å². The smallest absolute Gasteiger partial charge is 0.171 e. The predicted octanol–water partition coefficient (Wildman–Crippen LogP) is 8.18. The van der Waals surface area contributed by atoms with Crippen LogP contribution in [0, 0.1) is 0 Å². The number of rotatable bonds is 3. The van der Waals surface area contributed by atoms with Gasteiger partial charge in [-0.1, -0.05) is 84.9 Å². The van der Waals surface area contributed by atoms with Crippen molar-refractivity contribution in [3.8, 4) is 22.8 Å². The van der Waals surface area contributed by atoms with E-state index in [4.69, 9.17) is 9.97 Å². The van der Waals surface area contributed by atoms with Gasteiger partial charge in [0.1, 0.15) is 5.69 Å². The molecule has 6 nitrogen and oxygen atoms in total. The molecule has 0 fully saturated rings. The van der Waals surface area contributed by atoms with Gasteiger partial charge < -0.3 is 15.2 Å². The first-order valence-corrected chi connectivity index (χ1v) is 14.3. The molecule has 0 atom stereocenters. The minimum atomic E-state index is 0.781. The van der Waals surface area contributed by atoms with Crippen molar-refractivity contribution in [2.24, 2.45) is 0 Å². The lowest BCUT2D eigenvalue weighted by Crippen LogP contribution is -2.23. The number of benzene rings is 5. The highest BCUT2D eigenvalue weighted by Crippen LogP contribution is 2.41. The predicted molar refractivity (Wildman–Crippen MR) is 173 cm³/mol. The summed E-state index contributed by atoms with van der Waals surface area (Å²) in [6.45, 7) is 1.62. The summed E-state index contributed by atoms with van der Waals surface area (Å²) >= 11 is 0. The van der Waals surface area contributed by atoms with Gasteiger partial charge in [0.2, 0.25) is 0 Å². The largest absolute Gasteiger partial charge is 0.365 e. The molecule has 1 aliphatic heterocycles. The van der Waals surface area contributed by atoms with E-state index in [-0.39, 0.29) is 0 Å². The van der Waals surface area contributed by atoms with Gasteiger partial charge in [-0.2, -0.15) is 0 Å². The van der Waals surface area contributed by atoms with E-state index in [0.717, 1.165) is 58.5 Å². The SMILES string of the molecule is c1ccc(-c2nc3c(nc2-n2c4ccccc4c4cc5c(cc42)c2ccccc2n5-c2ccccc2)NCCN3)cc1. The molecular formula is C36H26N6. The van der Waals surface area contributed by atoms with E-state index in [0.29, 0.717) is 0 Å². The third-order valence-corrected chi connectivity index (χ3v) is 8.33. The lowest BCUT2D eigenvalue weighted by atomic mass is 10.1. The lowest BCUT2D eigenvalue weighted by molar-refractivity contribution is 0.965. The molecule has 9 rings (SSSR count). The molecule has 0 spiro atoms. The van der Waals surface area contributed by atoms with Gasteiger partial charge in [-0.3, -0.25) is 4.57 Å². The van der Waals surface area contributed by atoms with E-state index >= 15 is 0 Å². The summed E-state index contributed by atoms with van der Waals surface area (Å²) in [7, 11) is 0. The first-order chi connectivity index (χ1) is 20.8. The van der Waals surface area contributed by atoms with Crippen molar-refractivity contribution in [3.63, 3.8) is 0 Å². The second-order valence-corrected chi connectivity index (χ2v) is 10.7. The Balaban J connectivity index is 1.44. The Hall–Kier alpha value is -5.62. The molecule has 0 unspecified atom stereocenters.